The molecule has 0 unspecified atom stereocenters. The maximum absolute atomic E-state index is 11.5. The topological polar surface area (TPSA) is 49.0 Å². The predicted molar refractivity (Wildman–Crippen MR) is 57.7 cm³/mol. The third kappa shape index (κ3) is 1.29. The van der Waals surface area contributed by atoms with Crippen molar-refractivity contribution in [3.63, 3.8) is 0 Å². The fourth-order valence-electron chi connectivity index (χ4n) is 1.94. The number of imidazole rings is 1. The van der Waals surface area contributed by atoms with Gasteiger partial charge in [0.05, 0.1) is 11.0 Å². The van der Waals surface area contributed by atoms with Crippen LogP contribution >= 0.6 is 0 Å². The van der Waals surface area contributed by atoms with Crippen LogP contribution in [0.25, 0.3) is 11.0 Å². The first kappa shape index (κ1) is 8.47. The quantitative estimate of drug-likeness (QED) is 0.763. The number of carbonyl (C=O) groups excluding carboxylic acids is 1. The lowest BCUT2D eigenvalue weighted by molar-refractivity contribution is -0.117. The lowest BCUT2D eigenvalue weighted by atomic mass is 10.3. The van der Waals surface area contributed by atoms with Crippen LogP contribution in [0.1, 0.15) is 12.8 Å². The van der Waals surface area contributed by atoms with E-state index in [9.17, 15) is 4.79 Å². The summed E-state index contributed by atoms with van der Waals surface area (Å²) >= 11 is 0. The molecule has 0 saturated carbocycles. The van der Waals surface area contributed by atoms with E-state index in [-0.39, 0.29) is 5.91 Å². The molecule has 4 nitrogen and oxygen atoms in total. The molecule has 76 valence electrons. The van der Waals surface area contributed by atoms with Crippen molar-refractivity contribution in [2.45, 2.75) is 12.8 Å². The summed E-state index contributed by atoms with van der Waals surface area (Å²) in [5.74, 6) is 0.841. The Morgan fingerprint density at radius 1 is 1.33 bits per heavy atom. The number of hydrogen-bond donors (Lipinski definition) is 1. The standard InChI is InChI=1S/C11H11N3O/c15-10-6-3-7-14(10)11-12-8-4-1-2-5-9(8)13-11/h1-2,4-5H,3,6-7H2,(H,12,13). The lowest BCUT2D eigenvalue weighted by Gasteiger charge is -2.10. The highest BCUT2D eigenvalue weighted by atomic mass is 16.2. The molecule has 1 fully saturated rings. The smallest absolute Gasteiger partial charge is 0.229 e. The van der Waals surface area contributed by atoms with Crippen LogP contribution < -0.4 is 4.90 Å². The summed E-state index contributed by atoms with van der Waals surface area (Å²) in [4.78, 5) is 20.8. The van der Waals surface area contributed by atoms with Gasteiger partial charge in [0, 0.05) is 13.0 Å². The average Bonchev–Trinajstić information content (AvgIpc) is 2.82. The second kappa shape index (κ2) is 3.08. The summed E-state index contributed by atoms with van der Waals surface area (Å²) < 4.78 is 0. The number of amides is 1. The molecule has 4 heteroatoms. The minimum atomic E-state index is 0.161. The molecule has 0 radical (unpaired) electrons. The largest absolute Gasteiger partial charge is 0.324 e. The van der Waals surface area contributed by atoms with Crippen LogP contribution in [0.3, 0.4) is 0 Å². The number of para-hydroxylation sites is 2. The van der Waals surface area contributed by atoms with Crippen LogP contribution in [0.15, 0.2) is 24.3 Å². The first-order valence-corrected chi connectivity index (χ1v) is 5.10. The Balaban J connectivity index is 2.08. The SMILES string of the molecule is O=C1CCCN1c1nc2ccccc2[nH]1. The van der Waals surface area contributed by atoms with Crippen LogP contribution in [-0.4, -0.2) is 22.4 Å². The first-order chi connectivity index (χ1) is 7.34. The van der Waals surface area contributed by atoms with Crippen molar-refractivity contribution in [3.05, 3.63) is 24.3 Å². The highest BCUT2D eigenvalue weighted by Gasteiger charge is 2.23. The highest BCUT2D eigenvalue weighted by Crippen LogP contribution is 2.21. The second-order valence-corrected chi connectivity index (χ2v) is 3.73. The Morgan fingerprint density at radius 3 is 2.93 bits per heavy atom. The summed E-state index contributed by atoms with van der Waals surface area (Å²) in [6.07, 6.45) is 1.56. The number of H-pyrrole nitrogens is 1. The van der Waals surface area contributed by atoms with Crippen molar-refractivity contribution >= 4 is 22.9 Å². The summed E-state index contributed by atoms with van der Waals surface area (Å²) in [5, 5.41) is 0. The fourth-order valence-corrected chi connectivity index (χ4v) is 1.94. The van der Waals surface area contributed by atoms with Crippen LogP contribution in [0.4, 0.5) is 5.95 Å². The summed E-state index contributed by atoms with van der Waals surface area (Å²) in [6.45, 7) is 0.776. The molecule has 0 spiro atoms. The van der Waals surface area contributed by atoms with E-state index in [2.05, 4.69) is 9.97 Å². The molecule has 2 heterocycles. The van der Waals surface area contributed by atoms with E-state index in [0.29, 0.717) is 12.4 Å². The molecular formula is C11H11N3O. The molecule has 0 bridgehead atoms. The summed E-state index contributed by atoms with van der Waals surface area (Å²) in [7, 11) is 0. The molecule has 3 rings (SSSR count). The molecule has 1 aromatic carbocycles. The molecular weight excluding hydrogens is 190 g/mol. The van der Waals surface area contributed by atoms with Gasteiger partial charge in [0.2, 0.25) is 11.9 Å². The van der Waals surface area contributed by atoms with Crippen molar-refractivity contribution in [3.8, 4) is 0 Å². The van der Waals surface area contributed by atoms with Gasteiger partial charge in [0.25, 0.3) is 0 Å². The Bertz CT molecular complexity index is 484. The van der Waals surface area contributed by atoms with E-state index in [4.69, 9.17) is 0 Å². The van der Waals surface area contributed by atoms with Gasteiger partial charge < -0.3 is 4.98 Å². The lowest BCUT2D eigenvalue weighted by Crippen LogP contribution is -2.24. The molecule has 1 aliphatic heterocycles. The van der Waals surface area contributed by atoms with E-state index in [1.165, 1.54) is 0 Å². The van der Waals surface area contributed by atoms with Crippen LogP contribution in [0.2, 0.25) is 0 Å². The van der Waals surface area contributed by atoms with Crippen molar-refractivity contribution < 1.29 is 4.79 Å². The number of fused-ring (bicyclic) bond motifs is 1. The molecule has 0 atom stereocenters. The van der Waals surface area contributed by atoms with E-state index in [1.807, 2.05) is 24.3 Å². The number of anilines is 1. The number of benzene rings is 1. The Kier molecular flexibility index (Phi) is 1.74. The van der Waals surface area contributed by atoms with Gasteiger partial charge in [-0.05, 0) is 18.6 Å². The molecule has 1 saturated heterocycles. The highest BCUT2D eigenvalue weighted by molar-refractivity contribution is 5.95. The number of nitrogens with one attached hydrogen (secondary N) is 1. The van der Waals surface area contributed by atoms with Gasteiger partial charge in [0.15, 0.2) is 0 Å². The maximum atomic E-state index is 11.5. The van der Waals surface area contributed by atoms with Gasteiger partial charge in [-0.1, -0.05) is 12.1 Å². The van der Waals surface area contributed by atoms with Gasteiger partial charge >= 0.3 is 0 Å². The van der Waals surface area contributed by atoms with Gasteiger partial charge in [-0.3, -0.25) is 9.69 Å². The molecule has 0 aliphatic carbocycles. The molecule has 2 aromatic rings. The zero-order chi connectivity index (χ0) is 10.3. The zero-order valence-electron chi connectivity index (χ0n) is 8.23. The Morgan fingerprint density at radius 2 is 2.20 bits per heavy atom. The Labute approximate surface area is 86.9 Å². The first-order valence-electron chi connectivity index (χ1n) is 5.10. The maximum Gasteiger partial charge on any atom is 0.229 e. The molecule has 1 aromatic heterocycles. The van der Waals surface area contributed by atoms with Gasteiger partial charge in [-0.15, -0.1) is 0 Å². The van der Waals surface area contributed by atoms with Crippen LogP contribution in [-0.2, 0) is 4.79 Å². The van der Waals surface area contributed by atoms with Crippen LogP contribution in [0.5, 0.6) is 0 Å². The molecule has 1 N–H and O–H groups in total. The molecule has 15 heavy (non-hydrogen) atoms. The predicted octanol–water partition coefficient (Wildman–Crippen LogP) is 1.69. The average molecular weight is 201 g/mol. The minimum absolute atomic E-state index is 0.161. The van der Waals surface area contributed by atoms with Gasteiger partial charge in [0.1, 0.15) is 0 Å². The summed E-state index contributed by atoms with van der Waals surface area (Å²) in [5.41, 5.74) is 1.89. The Hall–Kier alpha value is -1.84. The van der Waals surface area contributed by atoms with Crippen molar-refractivity contribution in [1.82, 2.24) is 9.97 Å². The van der Waals surface area contributed by atoms with Crippen molar-refractivity contribution in [2.24, 2.45) is 0 Å². The number of nitrogens with zero attached hydrogens (tertiary/aromatic N) is 2. The number of aromatic nitrogens is 2. The van der Waals surface area contributed by atoms with Crippen LogP contribution in [0, 0.1) is 0 Å². The van der Waals surface area contributed by atoms with Crippen molar-refractivity contribution in [1.29, 1.82) is 0 Å². The molecule has 1 aliphatic rings. The zero-order valence-corrected chi connectivity index (χ0v) is 8.23. The monoisotopic (exact) mass is 201 g/mol. The van der Waals surface area contributed by atoms with Gasteiger partial charge in [-0.25, -0.2) is 4.98 Å². The molecule has 1 amide bonds. The van der Waals surface area contributed by atoms with Crippen molar-refractivity contribution in [2.75, 3.05) is 11.4 Å². The number of carbonyl (C=O) groups is 1. The van der Waals surface area contributed by atoms with Gasteiger partial charge in [-0.2, -0.15) is 0 Å². The second-order valence-electron chi connectivity index (χ2n) is 3.73. The van der Waals surface area contributed by atoms with E-state index >= 15 is 0 Å². The summed E-state index contributed by atoms with van der Waals surface area (Å²) in [6, 6.07) is 7.80. The van der Waals surface area contributed by atoms with E-state index in [0.717, 1.165) is 24.0 Å². The number of hydrogen-bond acceptors (Lipinski definition) is 2. The van der Waals surface area contributed by atoms with E-state index in [1.54, 1.807) is 4.90 Å². The fraction of sp³-hybridized carbons (Fsp3) is 0.273. The minimum Gasteiger partial charge on any atom is -0.324 e. The number of rotatable bonds is 1. The third-order valence-electron chi connectivity index (χ3n) is 2.71. The third-order valence-corrected chi connectivity index (χ3v) is 2.71. The number of aromatic amines is 1. The normalized spacial score (nSPS) is 16.5. The van der Waals surface area contributed by atoms with E-state index < -0.39 is 0 Å².